The van der Waals surface area contributed by atoms with Crippen LogP contribution in [-0.4, -0.2) is 53.5 Å². The molecule has 4 atom stereocenters. The molecule has 25 heavy (non-hydrogen) atoms. The average molecular weight is 462 g/mol. The van der Waals surface area contributed by atoms with Gasteiger partial charge in [-0.25, -0.2) is 12.7 Å². The molecule has 1 aromatic rings. The first-order chi connectivity index (χ1) is 11.8. The summed E-state index contributed by atoms with van der Waals surface area (Å²) in [6.07, 6.45) is -0.451. The summed E-state index contributed by atoms with van der Waals surface area (Å²) in [6, 6.07) is 7.20. The molecular formula is C14H12BrN3O4S3. The van der Waals surface area contributed by atoms with Gasteiger partial charge < -0.3 is 4.90 Å². The zero-order chi connectivity index (χ0) is 17.7. The fraction of sp³-hybridized carbons (Fsp3) is 0.429. The van der Waals surface area contributed by atoms with Crippen LogP contribution in [0.5, 0.6) is 0 Å². The molecule has 2 bridgehead atoms. The van der Waals surface area contributed by atoms with Gasteiger partial charge in [-0.1, -0.05) is 55.7 Å². The van der Waals surface area contributed by atoms with Crippen LogP contribution in [0.1, 0.15) is 12.0 Å². The van der Waals surface area contributed by atoms with Crippen molar-refractivity contribution in [1.82, 2.24) is 9.80 Å². The second-order valence-electron chi connectivity index (χ2n) is 6.45. The lowest BCUT2D eigenvalue weighted by Gasteiger charge is -2.53. The van der Waals surface area contributed by atoms with Crippen LogP contribution in [0.25, 0.3) is 0 Å². The molecule has 7 nitrogen and oxygen atoms in total. The summed E-state index contributed by atoms with van der Waals surface area (Å²) in [6.45, 7) is 0. The van der Waals surface area contributed by atoms with E-state index in [-0.39, 0.29) is 11.8 Å². The molecule has 0 N–H and O–H groups in total. The van der Waals surface area contributed by atoms with Gasteiger partial charge in [-0.2, -0.15) is 0 Å². The van der Waals surface area contributed by atoms with Gasteiger partial charge in [0.25, 0.3) is 11.8 Å². The predicted octanol–water partition coefficient (Wildman–Crippen LogP) is 1.07. The maximum Gasteiger partial charge on any atom is 0.261 e. The van der Waals surface area contributed by atoms with Gasteiger partial charge in [-0.05, 0) is 11.6 Å². The first-order valence-corrected chi connectivity index (χ1v) is 11.6. The van der Waals surface area contributed by atoms with E-state index in [0.29, 0.717) is 12.1 Å². The molecule has 0 radical (unpaired) electrons. The Morgan fingerprint density at radius 1 is 1.28 bits per heavy atom. The summed E-state index contributed by atoms with van der Waals surface area (Å²) in [4.78, 5) is 28.0. The van der Waals surface area contributed by atoms with Crippen molar-refractivity contribution in [2.45, 2.75) is 27.2 Å². The van der Waals surface area contributed by atoms with Crippen molar-refractivity contribution < 1.29 is 18.0 Å². The number of thiol groups is 1. The minimum absolute atomic E-state index is 0.146. The van der Waals surface area contributed by atoms with E-state index in [0.717, 1.165) is 5.56 Å². The molecule has 1 aromatic carbocycles. The Bertz CT molecular complexity index is 918. The highest BCUT2D eigenvalue weighted by Gasteiger charge is 2.75. The van der Waals surface area contributed by atoms with Crippen LogP contribution < -0.4 is 4.31 Å². The van der Waals surface area contributed by atoms with Gasteiger partial charge in [0.1, 0.15) is 6.17 Å². The Morgan fingerprint density at radius 2 is 2.00 bits per heavy atom. The Labute approximate surface area is 161 Å². The molecule has 5 aliphatic heterocycles. The van der Waals surface area contributed by atoms with E-state index in [9.17, 15) is 18.0 Å². The number of para-hydroxylation sites is 1. The fourth-order valence-corrected chi connectivity index (χ4v) is 10.1. The fourth-order valence-electron chi connectivity index (χ4n) is 4.28. The smallest absolute Gasteiger partial charge is 0.261 e. The molecule has 132 valence electrons. The average Bonchev–Trinajstić information content (AvgIpc) is 2.98. The maximum atomic E-state index is 13.1. The summed E-state index contributed by atoms with van der Waals surface area (Å²) in [7, 11) is 1.39. The summed E-state index contributed by atoms with van der Waals surface area (Å²) in [5.74, 6) is -0.362. The Balaban J connectivity index is 1.78. The SMILES string of the molecule is CN1C(=O)[C@]23C[C@]4(Br)c5ccccc5N([SH](=O)=O)[C@@H]4N2C(=O)[C@H]1SS3. The van der Waals surface area contributed by atoms with Gasteiger partial charge in [0.05, 0.1) is 10.0 Å². The molecule has 0 aliphatic carbocycles. The van der Waals surface area contributed by atoms with Crippen LogP contribution in [0.4, 0.5) is 5.69 Å². The van der Waals surface area contributed by atoms with Crippen LogP contribution in [0, 0.1) is 0 Å². The van der Waals surface area contributed by atoms with E-state index in [1.165, 1.54) is 35.7 Å². The molecule has 1 spiro atoms. The van der Waals surface area contributed by atoms with E-state index in [1.807, 2.05) is 12.1 Å². The molecule has 4 saturated heterocycles. The van der Waals surface area contributed by atoms with Crippen LogP contribution in [-0.2, 0) is 24.8 Å². The summed E-state index contributed by atoms with van der Waals surface area (Å²) in [5, 5.41) is -0.621. The van der Waals surface area contributed by atoms with E-state index in [4.69, 9.17) is 0 Å². The lowest BCUT2D eigenvalue weighted by molar-refractivity contribution is -0.158. The molecule has 0 unspecified atom stereocenters. The second kappa shape index (κ2) is 4.87. The monoisotopic (exact) mass is 461 g/mol. The topological polar surface area (TPSA) is 78.0 Å². The van der Waals surface area contributed by atoms with Crippen molar-refractivity contribution in [3.05, 3.63) is 29.8 Å². The van der Waals surface area contributed by atoms with Crippen molar-refractivity contribution >= 4 is 65.9 Å². The summed E-state index contributed by atoms with van der Waals surface area (Å²) in [5.41, 5.74) is 1.35. The number of carbonyl (C=O) groups is 2. The van der Waals surface area contributed by atoms with Gasteiger partial charge >= 0.3 is 0 Å². The van der Waals surface area contributed by atoms with Gasteiger partial charge in [0.2, 0.25) is 10.9 Å². The molecule has 0 aromatic heterocycles. The molecule has 11 heteroatoms. The Morgan fingerprint density at radius 3 is 2.72 bits per heavy atom. The molecule has 0 saturated carbocycles. The van der Waals surface area contributed by atoms with Gasteiger partial charge in [-0.15, -0.1) is 0 Å². The number of nitrogens with zero attached hydrogens (tertiary/aromatic N) is 3. The number of halogens is 1. The summed E-state index contributed by atoms with van der Waals surface area (Å²) < 4.78 is 24.6. The number of alkyl halides is 1. The van der Waals surface area contributed by atoms with Gasteiger partial charge in [-0.3, -0.25) is 14.5 Å². The van der Waals surface area contributed by atoms with E-state index >= 15 is 0 Å². The second-order valence-corrected chi connectivity index (χ2v) is 11.3. The number of anilines is 1. The van der Waals surface area contributed by atoms with E-state index in [1.54, 1.807) is 19.2 Å². The number of fused-ring (bicyclic) bond motifs is 5. The Hall–Kier alpha value is -0.910. The lowest BCUT2D eigenvalue weighted by Crippen LogP contribution is -2.71. The highest BCUT2D eigenvalue weighted by molar-refractivity contribution is 9.09. The first-order valence-electron chi connectivity index (χ1n) is 7.50. The van der Waals surface area contributed by atoms with Gasteiger partial charge in [0.15, 0.2) is 10.2 Å². The molecule has 2 amide bonds. The van der Waals surface area contributed by atoms with Crippen LogP contribution in [0.2, 0.25) is 0 Å². The first kappa shape index (κ1) is 16.3. The van der Waals surface area contributed by atoms with Crippen molar-refractivity contribution in [1.29, 1.82) is 0 Å². The molecule has 5 heterocycles. The standard InChI is InChI=1S/C14H12BrN3O4S3/c1-16-10-9(19)17-11-13(15,6-14(17,12(16)20)24-23-10)7-4-2-3-5-8(7)18(11)25(21)22/h2-5,10-11,25H,6H2,1H3/t10-,11+,13+,14-/m1/s1. The highest BCUT2D eigenvalue weighted by atomic mass is 79.9. The zero-order valence-electron chi connectivity index (χ0n) is 12.8. The molecule has 6 rings (SSSR count). The number of piperazine rings is 1. The van der Waals surface area contributed by atoms with Crippen molar-refractivity contribution in [3.63, 3.8) is 0 Å². The molecular weight excluding hydrogens is 450 g/mol. The number of hydrogen-bond acceptors (Lipinski definition) is 6. The van der Waals surface area contributed by atoms with E-state index in [2.05, 4.69) is 15.9 Å². The van der Waals surface area contributed by atoms with E-state index < -0.39 is 31.6 Å². The third-order valence-corrected chi connectivity index (χ3v) is 10.4. The quantitative estimate of drug-likeness (QED) is 0.382. The number of rotatable bonds is 1. The number of amides is 2. The minimum Gasteiger partial charge on any atom is -0.322 e. The summed E-state index contributed by atoms with van der Waals surface area (Å²) >= 11 is 3.74. The maximum absolute atomic E-state index is 13.1. The Kier molecular flexibility index (Phi) is 3.17. The largest absolute Gasteiger partial charge is 0.322 e. The van der Waals surface area contributed by atoms with Crippen molar-refractivity contribution in [2.24, 2.45) is 0 Å². The number of benzene rings is 1. The third kappa shape index (κ3) is 1.68. The van der Waals surface area contributed by atoms with Crippen LogP contribution in [0.3, 0.4) is 0 Å². The number of likely N-dealkylation sites (N-methyl/N-ethyl adjacent to an activating group) is 1. The number of carbonyl (C=O) groups excluding carboxylic acids is 2. The number of hydrogen-bond donors (Lipinski definition) is 1. The molecule has 4 fully saturated rings. The highest BCUT2D eigenvalue weighted by Crippen LogP contribution is 2.68. The predicted molar refractivity (Wildman–Crippen MR) is 99.6 cm³/mol. The van der Waals surface area contributed by atoms with Crippen molar-refractivity contribution in [2.75, 3.05) is 11.4 Å². The zero-order valence-corrected chi connectivity index (χ0v) is 16.9. The third-order valence-electron chi connectivity index (χ3n) is 5.28. The van der Waals surface area contributed by atoms with Crippen LogP contribution in [0.15, 0.2) is 24.3 Å². The minimum atomic E-state index is -2.97. The lowest BCUT2D eigenvalue weighted by atomic mass is 9.95. The van der Waals surface area contributed by atoms with Crippen molar-refractivity contribution in [3.8, 4) is 0 Å². The molecule has 5 aliphatic rings. The van der Waals surface area contributed by atoms with Gasteiger partial charge in [0, 0.05) is 13.5 Å². The van der Waals surface area contributed by atoms with Crippen LogP contribution >= 0.6 is 37.5 Å². The normalized spacial score (nSPS) is 38.4.